The fourth-order valence-electron chi connectivity index (χ4n) is 3.13. The highest BCUT2D eigenvalue weighted by atomic mass is 35.5. The van der Waals surface area contributed by atoms with Crippen molar-refractivity contribution < 1.29 is 14.3 Å². The molecule has 0 fully saturated rings. The van der Waals surface area contributed by atoms with Crippen LogP contribution in [-0.2, 0) is 9.59 Å². The summed E-state index contributed by atoms with van der Waals surface area (Å²) in [5.74, 6) is -0.996. The van der Waals surface area contributed by atoms with Crippen molar-refractivity contribution >= 4 is 35.3 Å². The summed E-state index contributed by atoms with van der Waals surface area (Å²) in [5, 5.41) is 7.08. The van der Waals surface area contributed by atoms with Crippen LogP contribution >= 0.6 is 11.6 Å². The molecule has 0 atom stereocenters. The summed E-state index contributed by atoms with van der Waals surface area (Å²) in [6.07, 6.45) is 1.51. The van der Waals surface area contributed by atoms with Crippen LogP contribution in [0.2, 0.25) is 5.02 Å². The van der Waals surface area contributed by atoms with Crippen LogP contribution in [0.3, 0.4) is 0 Å². The number of aromatic nitrogens is 1. The molecule has 0 aliphatic rings. The van der Waals surface area contributed by atoms with Gasteiger partial charge in [0.1, 0.15) is 5.75 Å². The number of hydrogen-bond donors (Lipinski definition) is 2. The molecule has 0 aliphatic carbocycles. The van der Waals surface area contributed by atoms with Crippen molar-refractivity contribution in [2.45, 2.75) is 20.8 Å². The fraction of sp³-hybridized carbons (Fsp3) is 0.174. The Morgan fingerprint density at radius 1 is 1.10 bits per heavy atom. The van der Waals surface area contributed by atoms with Crippen molar-refractivity contribution in [2.75, 3.05) is 11.9 Å². The maximum atomic E-state index is 12.1. The van der Waals surface area contributed by atoms with Crippen LogP contribution in [-0.4, -0.2) is 29.2 Å². The maximum Gasteiger partial charge on any atom is 0.329 e. The number of hydrazone groups is 1. The van der Waals surface area contributed by atoms with Crippen LogP contribution in [0.5, 0.6) is 5.75 Å². The third-order valence-corrected chi connectivity index (χ3v) is 4.77. The summed E-state index contributed by atoms with van der Waals surface area (Å²) in [6, 6.07) is 16.2. The largest absolute Gasteiger partial charge is 0.494 e. The topological polar surface area (TPSA) is 84.7 Å². The molecular weight excluding hydrogens is 416 g/mol. The van der Waals surface area contributed by atoms with E-state index in [1.165, 1.54) is 6.21 Å². The molecule has 2 aromatic carbocycles. The standard InChI is InChI=1S/C23H23ClN4O3/c1-4-31-21-10-8-19(9-11-21)26-22(29)23(30)27-25-14-17-12-15(2)28(16(17)3)20-7-5-6-18(24)13-20/h5-14H,4H2,1-3H3,(H,26,29)(H,27,30)/b25-14-. The molecule has 0 radical (unpaired) electrons. The minimum absolute atomic E-state index is 0.484. The van der Waals surface area contributed by atoms with Crippen LogP contribution in [0.15, 0.2) is 59.7 Å². The lowest BCUT2D eigenvalue weighted by Gasteiger charge is -2.09. The average molecular weight is 439 g/mol. The van der Waals surface area contributed by atoms with E-state index in [2.05, 4.69) is 15.8 Å². The summed E-state index contributed by atoms with van der Waals surface area (Å²) < 4.78 is 7.38. The number of carbonyl (C=O) groups excluding carboxylic acids is 2. The van der Waals surface area contributed by atoms with Gasteiger partial charge in [-0.1, -0.05) is 17.7 Å². The van der Waals surface area contributed by atoms with E-state index in [4.69, 9.17) is 16.3 Å². The fourth-order valence-corrected chi connectivity index (χ4v) is 3.32. The second kappa shape index (κ2) is 9.95. The minimum atomic E-state index is -0.867. The number of hydrogen-bond acceptors (Lipinski definition) is 4. The highest BCUT2D eigenvalue weighted by Gasteiger charge is 2.14. The van der Waals surface area contributed by atoms with E-state index >= 15 is 0 Å². The molecule has 2 N–H and O–H groups in total. The molecule has 0 spiro atoms. The first-order valence-electron chi connectivity index (χ1n) is 9.71. The second-order valence-electron chi connectivity index (χ2n) is 6.75. The van der Waals surface area contributed by atoms with Gasteiger partial charge in [0, 0.05) is 33.3 Å². The van der Waals surface area contributed by atoms with Crippen LogP contribution in [0.25, 0.3) is 5.69 Å². The third kappa shape index (κ3) is 5.52. The summed E-state index contributed by atoms with van der Waals surface area (Å²) in [7, 11) is 0. The molecule has 3 aromatic rings. The van der Waals surface area contributed by atoms with E-state index in [1.807, 2.05) is 55.7 Å². The maximum absolute atomic E-state index is 12.1. The number of aryl methyl sites for hydroxylation is 1. The molecule has 0 bridgehead atoms. The van der Waals surface area contributed by atoms with Gasteiger partial charge in [0.2, 0.25) is 0 Å². The molecule has 7 nitrogen and oxygen atoms in total. The van der Waals surface area contributed by atoms with Gasteiger partial charge < -0.3 is 14.6 Å². The Balaban J connectivity index is 1.63. The SMILES string of the molecule is CCOc1ccc(NC(=O)C(=O)N/N=C\c2cc(C)n(-c3cccc(Cl)c3)c2C)cc1. The number of amides is 2. The van der Waals surface area contributed by atoms with Crippen molar-refractivity contribution in [2.24, 2.45) is 5.10 Å². The van der Waals surface area contributed by atoms with Crippen LogP contribution in [0.1, 0.15) is 23.9 Å². The molecule has 3 rings (SSSR count). The van der Waals surface area contributed by atoms with Crippen LogP contribution in [0, 0.1) is 13.8 Å². The molecule has 8 heteroatoms. The van der Waals surface area contributed by atoms with Crippen LogP contribution in [0.4, 0.5) is 5.69 Å². The number of halogens is 1. The predicted molar refractivity (Wildman–Crippen MR) is 122 cm³/mol. The Kier molecular flexibility index (Phi) is 7.10. The van der Waals surface area contributed by atoms with Gasteiger partial charge in [-0.25, -0.2) is 5.43 Å². The first-order chi connectivity index (χ1) is 14.9. The molecule has 0 saturated heterocycles. The number of carbonyl (C=O) groups is 2. The van der Waals surface area contributed by atoms with E-state index in [-0.39, 0.29) is 0 Å². The highest BCUT2D eigenvalue weighted by molar-refractivity contribution is 6.39. The molecular formula is C23H23ClN4O3. The van der Waals surface area contributed by atoms with Gasteiger partial charge >= 0.3 is 11.8 Å². The number of anilines is 1. The lowest BCUT2D eigenvalue weighted by Crippen LogP contribution is -2.32. The molecule has 31 heavy (non-hydrogen) atoms. The molecule has 0 aliphatic heterocycles. The van der Waals surface area contributed by atoms with Crippen molar-refractivity contribution in [3.8, 4) is 11.4 Å². The van der Waals surface area contributed by atoms with E-state index in [9.17, 15) is 9.59 Å². The Labute approximate surface area is 185 Å². The summed E-state index contributed by atoms with van der Waals surface area (Å²) in [5.41, 5.74) is 6.39. The minimum Gasteiger partial charge on any atom is -0.494 e. The zero-order valence-electron chi connectivity index (χ0n) is 17.5. The Morgan fingerprint density at radius 3 is 2.52 bits per heavy atom. The summed E-state index contributed by atoms with van der Waals surface area (Å²) >= 11 is 6.10. The van der Waals surface area contributed by atoms with Gasteiger partial charge in [-0.15, -0.1) is 0 Å². The smallest absolute Gasteiger partial charge is 0.329 e. The normalized spacial score (nSPS) is 10.8. The summed E-state index contributed by atoms with van der Waals surface area (Å²) in [4.78, 5) is 24.1. The van der Waals surface area contributed by atoms with Crippen molar-refractivity contribution in [1.29, 1.82) is 0 Å². The molecule has 1 aromatic heterocycles. The van der Waals surface area contributed by atoms with Gasteiger partial charge in [0.25, 0.3) is 0 Å². The van der Waals surface area contributed by atoms with E-state index in [0.29, 0.717) is 23.1 Å². The van der Waals surface area contributed by atoms with Crippen LogP contribution < -0.4 is 15.5 Å². The Bertz CT molecular complexity index is 1120. The molecule has 0 unspecified atom stereocenters. The highest BCUT2D eigenvalue weighted by Crippen LogP contribution is 2.22. The average Bonchev–Trinajstić information content (AvgIpc) is 3.02. The van der Waals surface area contributed by atoms with Gasteiger partial charge in [0.15, 0.2) is 0 Å². The monoisotopic (exact) mass is 438 g/mol. The van der Waals surface area contributed by atoms with E-state index in [1.54, 1.807) is 24.3 Å². The lowest BCUT2D eigenvalue weighted by atomic mass is 10.2. The Morgan fingerprint density at radius 2 is 1.84 bits per heavy atom. The summed E-state index contributed by atoms with van der Waals surface area (Å²) in [6.45, 7) is 6.34. The second-order valence-corrected chi connectivity index (χ2v) is 7.19. The quantitative estimate of drug-likeness (QED) is 0.343. The number of benzene rings is 2. The number of nitrogens with zero attached hydrogens (tertiary/aromatic N) is 2. The van der Waals surface area contributed by atoms with E-state index < -0.39 is 11.8 Å². The molecule has 2 amide bonds. The number of nitrogens with one attached hydrogen (secondary N) is 2. The van der Waals surface area contributed by atoms with Gasteiger partial charge in [0.05, 0.1) is 12.8 Å². The van der Waals surface area contributed by atoms with Crippen molar-refractivity contribution in [3.63, 3.8) is 0 Å². The lowest BCUT2D eigenvalue weighted by molar-refractivity contribution is -0.136. The first-order valence-corrected chi connectivity index (χ1v) is 10.1. The van der Waals surface area contributed by atoms with Crippen molar-refractivity contribution in [1.82, 2.24) is 9.99 Å². The Hall–Kier alpha value is -3.58. The molecule has 160 valence electrons. The first kappa shape index (κ1) is 22.1. The zero-order valence-corrected chi connectivity index (χ0v) is 18.2. The zero-order chi connectivity index (χ0) is 22.4. The third-order valence-electron chi connectivity index (χ3n) is 4.54. The van der Waals surface area contributed by atoms with Gasteiger partial charge in [-0.05, 0) is 69.3 Å². The van der Waals surface area contributed by atoms with Crippen molar-refractivity contribution in [3.05, 3.63) is 76.6 Å². The predicted octanol–water partition coefficient (Wildman–Crippen LogP) is 4.24. The van der Waals surface area contributed by atoms with Gasteiger partial charge in [-0.3, -0.25) is 9.59 Å². The molecule has 0 saturated carbocycles. The molecule has 1 heterocycles. The van der Waals surface area contributed by atoms with E-state index in [0.717, 1.165) is 22.6 Å². The number of ether oxygens (including phenoxy) is 1. The number of rotatable bonds is 6. The van der Waals surface area contributed by atoms with Gasteiger partial charge in [-0.2, -0.15) is 5.10 Å².